The maximum absolute atomic E-state index is 5.83. The fourth-order valence-electron chi connectivity index (χ4n) is 3.46. The van der Waals surface area contributed by atoms with Crippen molar-refractivity contribution in [1.29, 1.82) is 0 Å². The third kappa shape index (κ3) is 2.13. The van der Waals surface area contributed by atoms with Crippen LogP contribution in [0.1, 0.15) is 35.4 Å². The van der Waals surface area contributed by atoms with Crippen LogP contribution in [0.25, 0.3) is 11.3 Å². The van der Waals surface area contributed by atoms with Gasteiger partial charge in [0, 0.05) is 11.1 Å². The van der Waals surface area contributed by atoms with Crippen molar-refractivity contribution in [3.05, 3.63) is 35.1 Å². The van der Waals surface area contributed by atoms with Crippen LogP contribution in [0.4, 0.5) is 0 Å². The van der Waals surface area contributed by atoms with Crippen molar-refractivity contribution in [2.75, 3.05) is 19.6 Å². The topological polar surface area (TPSA) is 16.4 Å². The molecule has 0 bridgehead atoms. The summed E-state index contributed by atoms with van der Waals surface area (Å²) in [4.78, 5) is 2.36. The van der Waals surface area contributed by atoms with Crippen LogP contribution in [-0.4, -0.2) is 24.5 Å². The highest BCUT2D eigenvalue weighted by molar-refractivity contribution is 5.73. The second-order valence-corrected chi connectivity index (χ2v) is 5.77. The van der Waals surface area contributed by atoms with Gasteiger partial charge in [-0.25, -0.2) is 0 Å². The van der Waals surface area contributed by atoms with E-state index < -0.39 is 0 Å². The third-order valence-electron chi connectivity index (χ3n) is 4.70. The Morgan fingerprint density at radius 3 is 2.75 bits per heavy atom. The molecule has 0 radical (unpaired) electrons. The lowest BCUT2D eigenvalue weighted by Crippen LogP contribution is -2.33. The lowest BCUT2D eigenvalue weighted by atomic mass is 9.88. The molecule has 0 N–H and O–H groups in total. The summed E-state index contributed by atoms with van der Waals surface area (Å²) in [5.74, 6) is 4.44. The monoisotopic (exact) mass is 267 g/mol. The third-order valence-corrected chi connectivity index (χ3v) is 4.70. The minimum absolute atomic E-state index is 0.603. The quantitative estimate of drug-likeness (QED) is 0.769. The summed E-state index contributed by atoms with van der Waals surface area (Å²) < 4.78 is 5.83. The summed E-state index contributed by atoms with van der Waals surface area (Å²) in [7, 11) is 0. The van der Waals surface area contributed by atoms with Gasteiger partial charge in [0.15, 0.2) is 0 Å². The fraction of sp³-hybridized carbons (Fsp3) is 0.444. The van der Waals surface area contributed by atoms with E-state index in [1.807, 2.05) is 6.07 Å². The molecule has 0 aromatic rings. The van der Waals surface area contributed by atoms with Gasteiger partial charge in [0.1, 0.15) is 5.76 Å². The first-order chi connectivity index (χ1) is 9.72. The van der Waals surface area contributed by atoms with E-state index in [1.165, 1.54) is 35.1 Å². The molecule has 104 valence electrons. The molecule has 0 amide bonds. The van der Waals surface area contributed by atoms with E-state index in [1.54, 1.807) is 6.26 Å². The van der Waals surface area contributed by atoms with E-state index in [9.17, 15) is 0 Å². The number of rotatable bonds is 2. The van der Waals surface area contributed by atoms with Gasteiger partial charge in [0.2, 0.25) is 0 Å². The minimum atomic E-state index is 0.603. The Balaban J connectivity index is 1.89. The van der Waals surface area contributed by atoms with Crippen LogP contribution >= 0.6 is 0 Å². The van der Waals surface area contributed by atoms with Crippen molar-refractivity contribution in [3.8, 4) is 23.7 Å². The Hall–Kier alpha value is -1.72. The number of terminal acetylenes is 1. The summed E-state index contributed by atoms with van der Waals surface area (Å²) >= 11 is 0. The molecule has 2 heterocycles. The van der Waals surface area contributed by atoms with Crippen molar-refractivity contribution in [1.82, 2.24) is 4.90 Å². The zero-order chi connectivity index (χ0) is 14.1. The van der Waals surface area contributed by atoms with Crippen LogP contribution in [0.5, 0.6) is 0 Å². The summed E-state index contributed by atoms with van der Waals surface area (Å²) in [5.41, 5.74) is 5.47. The average molecular weight is 267 g/mol. The Kier molecular flexibility index (Phi) is 3.54. The second-order valence-electron chi connectivity index (χ2n) is 5.77. The van der Waals surface area contributed by atoms with E-state index in [-0.39, 0.29) is 0 Å². The zero-order valence-corrected chi connectivity index (χ0v) is 12.3. The molecular formula is C18H21NO. The number of fused-ring (bicyclic) bond motifs is 1. The van der Waals surface area contributed by atoms with Gasteiger partial charge in [0.05, 0.1) is 12.8 Å². The van der Waals surface area contributed by atoms with Gasteiger partial charge in [-0.3, -0.25) is 4.90 Å². The van der Waals surface area contributed by atoms with Crippen LogP contribution in [0, 0.1) is 26.2 Å². The number of hydrogen-bond donors (Lipinski definition) is 0. The molecule has 0 aromatic heterocycles. The predicted molar refractivity (Wildman–Crippen MR) is 82.1 cm³/mol. The van der Waals surface area contributed by atoms with E-state index in [0.29, 0.717) is 5.92 Å². The van der Waals surface area contributed by atoms with Crippen LogP contribution in [-0.2, 0) is 0 Å². The van der Waals surface area contributed by atoms with E-state index >= 15 is 0 Å². The predicted octanol–water partition coefficient (Wildman–Crippen LogP) is 3.81. The van der Waals surface area contributed by atoms with Crippen molar-refractivity contribution in [2.24, 2.45) is 0 Å². The molecule has 0 unspecified atom stereocenters. The molecule has 20 heavy (non-hydrogen) atoms. The molecular weight excluding hydrogens is 246 g/mol. The molecule has 1 aliphatic carbocycles. The Bertz CT molecular complexity index is 611. The SMILES string of the molecule is C#CCN1CCC(c2c3occcc-3c(C)c2C)CC1. The smallest absolute Gasteiger partial charge is 0.137 e. The number of likely N-dealkylation sites (tertiary alicyclic amines) is 1. The lowest BCUT2D eigenvalue weighted by Gasteiger charge is -2.31. The number of nitrogens with zero attached hydrogens (tertiary/aromatic N) is 1. The van der Waals surface area contributed by atoms with Gasteiger partial charge in [-0.15, -0.1) is 6.42 Å². The highest BCUT2D eigenvalue weighted by atomic mass is 16.3. The Morgan fingerprint density at radius 2 is 2.05 bits per heavy atom. The fourth-order valence-corrected chi connectivity index (χ4v) is 3.46. The lowest BCUT2D eigenvalue weighted by molar-refractivity contribution is 0.235. The van der Waals surface area contributed by atoms with Gasteiger partial charge >= 0.3 is 0 Å². The van der Waals surface area contributed by atoms with Crippen molar-refractivity contribution in [3.63, 3.8) is 0 Å². The van der Waals surface area contributed by atoms with Crippen LogP contribution in [0.15, 0.2) is 22.8 Å². The molecule has 0 atom stereocenters. The summed E-state index contributed by atoms with van der Waals surface area (Å²) in [6.45, 7) is 7.38. The molecule has 1 fully saturated rings. The summed E-state index contributed by atoms with van der Waals surface area (Å²) in [6, 6.07) is 4.15. The molecule has 0 spiro atoms. The van der Waals surface area contributed by atoms with Gasteiger partial charge in [0.25, 0.3) is 0 Å². The normalized spacial score (nSPS) is 17.4. The summed E-state index contributed by atoms with van der Waals surface area (Å²) in [5, 5.41) is 0. The van der Waals surface area contributed by atoms with Crippen LogP contribution < -0.4 is 0 Å². The van der Waals surface area contributed by atoms with Gasteiger partial charge in [-0.1, -0.05) is 5.92 Å². The number of hydrogen-bond acceptors (Lipinski definition) is 2. The van der Waals surface area contributed by atoms with Crippen LogP contribution in [0.3, 0.4) is 0 Å². The zero-order valence-electron chi connectivity index (χ0n) is 12.3. The standard InChI is InChI=1S/C18H21NO/c1-4-9-19-10-7-15(8-11-19)17-14(3)13(2)16-6-5-12-20-18(16)17/h1,5-6,12,15H,7-11H2,2-3H3. The molecule has 0 saturated carbocycles. The Morgan fingerprint density at radius 1 is 1.30 bits per heavy atom. The van der Waals surface area contributed by atoms with Crippen molar-refractivity contribution >= 4 is 0 Å². The van der Waals surface area contributed by atoms with Gasteiger partial charge in [-0.2, -0.15) is 0 Å². The van der Waals surface area contributed by atoms with E-state index in [2.05, 4.69) is 30.7 Å². The highest BCUT2D eigenvalue weighted by Crippen LogP contribution is 2.43. The average Bonchev–Trinajstić information content (AvgIpc) is 2.73. The van der Waals surface area contributed by atoms with E-state index in [4.69, 9.17) is 10.8 Å². The molecule has 1 saturated heterocycles. The van der Waals surface area contributed by atoms with Crippen molar-refractivity contribution < 1.29 is 4.42 Å². The summed E-state index contributed by atoms with van der Waals surface area (Å²) in [6.07, 6.45) is 9.53. The van der Waals surface area contributed by atoms with Gasteiger partial charge in [-0.05, 0) is 69.0 Å². The molecule has 2 heteroatoms. The van der Waals surface area contributed by atoms with Crippen LogP contribution in [0.2, 0.25) is 0 Å². The molecule has 2 aliphatic heterocycles. The minimum Gasteiger partial charge on any atom is -0.464 e. The second kappa shape index (κ2) is 5.34. The maximum atomic E-state index is 5.83. The molecule has 3 aliphatic rings. The van der Waals surface area contributed by atoms with E-state index in [0.717, 1.165) is 25.4 Å². The van der Waals surface area contributed by atoms with Gasteiger partial charge < -0.3 is 4.42 Å². The number of piperidine rings is 1. The molecule has 2 nitrogen and oxygen atoms in total. The maximum Gasteiger partial charge on any atom is 0.137 e. The highest BCUT2D eigenvalue weighted by Gasteiger charge is 2.28. The largest absolute Gasteiger partial charge is 0.464 e. The first-order valence-corrected chi connectivity index (χ1v) is 7.34. The first-order valence-electron chi connectivity index (χ1n) is 7.34. The molecule has 3 rings (SSSR count). The first kappa shape index (κ1) is 13.3. The van der Waals surface area contributed by atoms with Crippen molar-refractivity contribution in [2.45, 2.75) is 32.6 Å². The Labute approximate surface area is 121 Å². The molecule has 0 aromatic carbocycles.